The van der Waals surface area contributed by atoms with Gasteiger partial charge in [-0.05, 0) is 28.1 Å². The van der Waals surface area contributed by atoms with E-state index in [1.807, 2.05) is 26.0 Å². The highest BCUT2D eigenvalue weighted by Gasteiger charge is 2.11. The van der Waals surface area contributed by atoms with Crippen LogP contribution in [0.1, 0.15) is 25.7 Å². The minimum atomic E-state index is 0.247. The van der Waals surface area contributed by atoms with Crippen LogP contribution in [0.5, 0.6) is 0 Å². The van der Waals surface area contributed by atoms with E-state index in [9.17, 15) is 0 Å². The largest absolute Gasteiger partial charge is 0.420 e. The van der Waals surface area contributed by atoms with Crippen LogP contribution in [0.3, 0.4) is 0 Å². The molecule has 4 nitrogen and oxygen atoms in total. The summed E-state index contributed by atoms with van der Waals surface area (Å²) in [5.41, 5.74) is 0.872. The molecule has 0 saturated carbocycles. The molecule has 78 valence electrons. The Morgan fingerprint density at radius 2 is 2.13 bits per heavy atom. The Morgan fingerprint density at radius 3 is 2.73 bits per heavy atom. The topological polar surface area (TPSA) is 51.8 Å². The number of hydrogen-bond donors (Lipinski definition) is 0. The molecule has 2 heterocycles. The molecule has 0 aliphatic rings. The molecule has 2 aromatic heterocycles. The smallest absolute Gasteiger partial charge is 0.247 e. The Kier molecular flexibility index (Phi) is 2.81. The fourth-order valence-corrected chi connectivity index (χ4v) is 1.48. The van der Waals surface area contributed by atoms with Gasteiger partial charge in [0, 0.05) is 17.7 Å². The maximum Gasteiger partial charge on any atom is 0.247 e. The summed E-state index contributed by atoms with van der Waals surface area (Å²) in [5, 5.41) is 7.95. The molecule has 0 aromatic carbocycles. The second-order valence-electron chi connectivity index (χ2n) is 3.47. The number of hydrogen-bond acceptors (Lipinski definition) is 4. The van der Waals surface area contributed by atoms with Gasteiger partial charge in [0.1, 0.15) is 4.60 Å². The summed E-state index contributed by atoms with van der Waals surface area (Å²) in [4.78, 5) is 4.03. The molecule has 0 unspecified atom stereocenters. The highest BCUT2D eigenvalue weighted by atomic mass is 79.9. The molecule has 0 saturated heterocycles. The number of halogens is 1. The van der Waals surface area contributed by atoms with Crippen LogP contribution < -0.4 is 0 Å². The molecule has 0 fully saturated rings. The Bertz CT molecular complexity index is 467. The van der Waals surface area contributed by atoms with E-state index in [0.29, 0.717) is 11.8 Å². The highest BCUT2D eigenvalue weighted by Crippen LogP contribution is 2.22. The predicted molar refractivity (Wildman–Crippen MR) is 59.3 cm³/mol. The lowest BCUT2D eigenvalue weighted by Gasteiger charge is -1.96. The summed E-state index contributed by atoms with van der Waals surface area (Å²) in [6, 6.07) is 3.68. The molecule has 2 aromatic rings. The van der Waals surface area contributed by atoms with Crippen molar-refractivity contribution in [3.05, 3.63) is 28.8 Å². The van der Waals surface area contributed by atoms with Gasteiger partial charge in [0.05, 0.1) is 0 Å². The third-order valence-electron chi connectivity index (χ3n) is 1.91. The molecule has 0 aliphatic carbocycles. The number of nitrogens with zero attached hydrogens (tertiary/aromatic N) is 3. The zero-order valence-corrected chi connectivity index (χ0v) is 10.0. The number of rotatable bonds is 2. The molecular weight excluding hydrogens is 258 g/mol. The minimum absolute atomic E-state index is 0.247. The van der Waals surface area contributed by atoms with Crippen molar-refractivity contribution in [2.75, 3.05) is 0 Å². The average Bonchev–Trinajstić information content (AvgIpc) is 2.66. The summed E-state index contributed by atoms with van der Waals surface area (Å²) in [5.74, 6) is 1.43. The van der Waals surface area contributed by atoms with Crippen LogP contribution in [0.25, 0.3) is 11.5 Å². The Balaban J connectivity index is 2.37. The molecule has 0 aliphatic heterocycles. The summed E-state index contributed by atoms with van der Waals surface area (Å²) in [6.45, 7) is 4.03. The molecule has 0 radical (unpaired) electrons. The molecule has 0 N–H and O–H groups in total. The van der Waals surface area contributed by atoms with Gasteiger partial charge < -0.3 is 4.42 Å². The number of aromatic nitrogens is 3. The van der Waals surface area contributed by atoms with E-state index in [1.165, 1.54) is 0 Å². The summed E-state index contributed by atoms with van der Waals surface area (Å²) in [6.07, 6.45) is 1.69. The van der Waals surface area contributed by atoms with Crippen LogP contribution in [-0.2, 0) is 0 Å². The van der Waals surface area contributed by atoms with Crippen molar-refractivity contribution in [2.45, 2.75) is 19.8 Å². The van der Waals surface area contributed by atoms with Gasteiger partial charge in [-0.1, -0.05) is 13.8 Å². The third kappa shape index (κ3) is 2.23. The van der Waals surface area contributed by atoms with Crippen LogP contribution in [0.4, 0.5) is 0 Å². The van der Waals surface area contributed by atoms with Crippen molar-refractivity contribution in [3.63, 3.8) is 0 Å². The van der Waals surface area contributed by atoms with Crippen molar-refractivity contribution in [2.24, 2.45) is 0 Å². The maximum atomic E-state index is 5.52. The van der Waals surface area contributed by atoms with Gasteiger partial charge in [-0.25, -0.2) is 4.98 Å². The predicted octanol–water partition coefficient (Wildman–Crippen LogP) is 3.02. The van der Waals surface area contributed by atoms with E-state index in [-0.39, 0.29) is 5.92 Å². The zero-order chi connectivity index (χ0) is 10.8. The molecule has 0 amide bonds. The van der Waals surface area contributed by atoms with E-state index < -0.39 is 0 Å². The van der Waals surface area contributed by atoms with Crippen molar-refractivity contribution in [1.82, 2.24) is 15.2 Å². The molecule has 0 atom stereocenters. The quantitative estimate of drug-likeness (QED) is 0.785. The summed E-state index contributed by atoms with van der Waals surface area (Å²) in [7, 11) is 0. The number of pyridine rings is 1. The molecule has 15 heavy (non-hydrogen) atoms. The average molecular weight is 268 g/mol. The highest BCUT2D eigenvalue weighted by molar-refractivity contribution is 9.10. The normalized spacial score (nSPS) is 10.9. The fourth-order valence-electron chi connectivity index (χ4n) is 1.12. The van der Waals surface area contributed by atoms with Crippen LogP contribution in [0, 0.1) is 0 Å². The molecule has 0 bridgehead atoms. The van der Waals surface area contributed by atoms with Crippen molar-refractivity contribution in [1.29, 1.82) is 0 Å². The maximum absolute atomic E-state index is 5.52. The van der Waals surface area contributed by atoms with Gasteiger partial charge in [-0.3, -0.25) is 0 Å². The molecular formula is C10H10BrN3O. The van der Waals surface area contributed by atoms with Gasteiger partial charge in [-0.15, -0.1) is 10.2 Å². The SMILES string of the molecule is CC(C)c1nnc(-c2ccnc(Br)c2)o1. The van der Waals surface area contributed by atoms with Crippen LogP contribution in [-0.4, -0.2) is 15.2 Å². The van der Waals surface area contributed by atoms with Crippen LogP contribution in [0.15, 0.2) is 27.3 Å². The van der Waals surface area contributed by atoms with E-state index >= 15 is 0 Å². The standard InChI is InChI=1S/C10H10BrN3O/c1-6(2)9-13-14-10(15-9)7-3-4-12-8(11)5-7/h3-6H,1-2H3. The monoisotopic (exact) mass is 267 g/mol. The van der Waals surface area contributed by atoms with Gasteiger partial charge in [0.2, 0.25) is 11.8 Å². The summed E-state index contributed by atoms with van der Waals surface area (Å²) >= 11 is 3.29. The van der Waals surface area contributed by atoms with Crippen molar-refractivity contribution in [3.8, 4) is 11.5 Å². The second-order valence-corrected chi connectivity index (χ2v) is 4.28. The van der Waals surface area contributed by atoms with E-state index in [2.05, 4.69) is 31.1 Å². The van der Waals surface area contributed by atoms with Gasteiger partial charge in [0.25, 0.3) is 0 Å². The van der Waals surface area contributed by atoms with Crippen molar-refractivity contribution < 1.29 is 4.42 Å². The lowest BCUT2D eigenvalue weighted by Crippen LogP contribution is -1.85. The lowest BCUT2D eigenvalue weighted by molar-refractivity contribution is 0.481. The van der Waals surface area contributed by atoms with Crippen molar-refractivity contribution >= 4 is 15.9 Å². The van der Waals surface area contributed by atoms with Crippen LogP contribution >= 0.6 is 15.9 Å². The van der Waals surface area contributed by atoms with Gasteiger partial charge in [0.15, 0.2) is 0 Å². The minimum Gasteiger partial charge on any atom is -0.420 e. The zero-order valence-electron chi connectivity index (χ0n) is 8.44. The van der Waals surface area contributed by atoms with Gasteiger partial charge >= 0.3 is 0 Å². The third-order valence-corrected chi connectivity index (χ3v) is 2.34. The Hall–Kier alpha value is -1.23. The second kappa shape index (κ2) is 4.10. The van der Waals surface area contributed by atoms with Crippen LogP contribution in [0.2, 0.25) is 0 Å². The Morgan fingerprint density at radius 1 is 1.33 bits per heavy atom. The Labute approximate surface area is 95.9 Å². The van der Waals surface area contributed by atoms with E-state index in [4.69, 9.17) is 4.42 Å². The first-order valence-corrected chi connectivity index (χ1v) is 5.41. The molecule has 0 spiro atoms. The van der Waals surface area contributed by atoms with E-state index in [0.717, 1.165) is 10.2 Å². The van der Waals surface area contributed by atoms with Gasteiger partial charge in [-0.2, -0.15) is 0 Å². The first-order valence-electron chi connectivity index (χ1n) is 4.62. The van der Waals surface area contributed by atoms with E-state index in [1.54, 1.807) is 6.20 Å². The molecule has 2 rings (SSSR count). The first-order chi connectivity index (χ1) is 7.16. The first kappa shape index (κ1) is 10.3. The fraction of sp³-hybridized carbons (Fsp3) is 0.300. The molecule has 5 heteroatoms. The summed E-state index contributed by atoms with van der Waals surface area (Å²) < 4.78 is 6.27. The lowest BCUT2D eigenvalue weighted by atomic mass is 10.2.